The number of benzene rings is 2. The van der Waals surface area contributed by atoms with Gasteiger partial charge in [-0.2, -0.15) is 5.10 Å². The molecule has 0 spiro atoms. The van der Waals surface area contributed by atoms with E-state index in [2.05, 4.69) is 22.3 Å². The van der Waals surface area contributed by atoms with Crippen molar-refractivity contribution in [3.05, 3.63) is 83.2 Å². The number of hydrogen-bond donors (Lipinski definition) is 1. The molecule has 8 heteroatoms. The van der Waals surface area contributed by atoms with E-state index in [4.69, 9.17) is 9.47 Å². The number of H-pyrrole nitrogens is 1. The van der Waals surface area contributed by atoms with Gasteiger partial charge >= 0.3 is 0 Å². The zero-order valence-corrected chi connectivity index (χ0v) is 19.6. The first-order valence-electron chi connectivity index (χ1n) is 11.4. The molecule has 2 amide bonds. The van der Waals surface area contributed by atoms with E-state index >= 15 is 0 Å². The van der Waals surface area contributed by atoms with Gasteiger partial charge in [-0.05, 0) is 42.7 Å². The molecule has 34 heavy (non-hydrogen) atoms. The van der Waals surface area contributed by atoms with E-state index in [9.17, 15) is 9.59 Å². The third-order valence-corrected chi connectivity index (χ3v) is 5.87. The van der Waals surface area contributed by atoms with Gasteiger partial charge in [0.15, 0.2) is 0 Å². The molecule has 1 aliphatic heterocycles. The minimum Gasteiger partial charge on any atom is -0.497 e. The Hall–Kier alpha value is -3.65. The molecular formula is C26H30N4O4. The largest absolute Gasteiger partial charge is 0.497 e. The number of carbonyl (C=O) groups excluding carboxylic acids is 2. The van der Waals surface area contributed by atoms with E-state index in [1.807, 2.05) is 49.4 Å². The maximum absolute atomic E-state index is 13.1. The Kier molecular flexibility index (Phi) is 7.59. The van der Waals surface area contributed by atoms with Crippen molar-refractivity contribution in [1.29, 1.82) is 0 Å². The van der Waals surface area contributed by atoms with Crippen molar-refractivity contribution >= 4 is 11.8 Å². The number of aryl methyl sites for hydroxylation is 1. The van der Waals surface area contributed by atoms with Crippen molar-refractivity contribution in [2.75, 3.05) is 33.3 Å². The van der Waals surface area contributed by atoms with Gasteiger partial charge < -0.3 is 19.3 Å². The number of amides is 2. The van der Waals surface area contributed by atoms with Gasteiger partial charge in [0.05, 0.1) is 19.8 Å². The summed E-state index contributed by atoms with van der Waals surface area (Å²) in [5, 5.41) is 6.88. The lowest BCUT2D eigenvalue weighted by Crippen LogP contribution is -2.40. The quantitative estimate of drug-likeness (QED) is 0.556. The van der Waals surface area contributed by atoms with Crippen LogP contribution >= 0.6 is 0 Å². The topological polar surface area (TPSA) is 87.8 Å². The van der Waals surface area contributed by atoms with Crippen LogP contribution < -0.4 is 4.74 Å². The highest BCUT2D eigenvalue weighted by Gasteiger charge is 2.32. The van der Waals surface area contributed by atoms with Crippen molar-refractivity contribution in [3.8, 4) is 5.75 Å². The van der Waals surface area contributed by atoms with Crippen molar-refractivity contribution in [2.24, 2.45) is 0 Å². The Morgan fingerprint density at radius 3 is 2.62 bits per heavy atom. The molecular weight excluding hydrogens is 432 g/mol. The van der Waals surface area contributed by atoms with Crippen LogP contribution in [0.5, 0.6) is 5.75 Å². The van der Waals surface area contributed by atoms with Crippen LogP contribution in [-0.4, -0.2) is 71.2 Å². The van der Waals surface area contributed by atoms with Gasteiger partial charge in [0.25, 0.3) is 5.91 Å². The fraction of sp³-hybridized carbons (Fsp3) is 0.346. The molecule has 0 saturated carbocycles. The normalized spacial score (nSPS) is 16.4. The molecule has 2 heterocycles. The van der Waals surface area contributed by atoms with E-state index in [0.717, 1.165) is 29.0 Å². The number of aromatic amines is 1. The van der Waals surface area contributed by atoms with Crippen LogP contribution in [0, 0.1) is 6.92 Å². The molecule has 0 bridgehead atoms. The summed E-state index contributed by atoms with van der Waals surface area (Å²) in [6, 6.07) is 19.4. The number of nitrogens with zero attached hydrogens (tertiary/aromatic N) is 3. The summed E-state index contributed by atoms with van der Waals surface area (Å²) >= 11 is 0. The summed E-state index contributed by atoms with van der Waals surface area (Å²) in [4.78, 5) is 29.6. The monoisotopic (exact) mass is 462 g/mol. The van der Waals surface area contributed by atoms with E-state index in [0.29, 0.717) is 31.9 Å². The summed E-state index contributed by atoms with van der Waals surface area (Å²) in [5.74, 6) is 0.383. The van der Waals surface area contributed by atoms with Crippen molar-refractivity contribution in [2.45, 2.75) is 26.1 Å². The summed E-state index contributed by atoms with van der Waals surface area (Å²) in [5.41, 5.74) is 3.22. The van der Waals surface area contributed by atoms with E-state index in [1.165, 1.54) is 4.90 Å². The zero-order valence-electron chi connectivity index (χ0n) is 19.6. The lowest BCUT2D eigenvalue weighted by Gasteiger charge is -2.25. The third-order valence-electron chi connectivity index (χ3n) is 5.87. The number of ether oxygens (including phenoxy) is 2. The fourth-order valence-electron chi connectivity index (χ4n) is 4.03. The van der Waals surface area contributed by atoms with Crippen LogP contribution in [0.15, 0.2) is 60.7 Å². The maximum atomic E-state index is 13.1. The van der Waals surface area contributed by atoms with Crippen LogP contribution in [0.4, 0.5) is 0 Å². The molecule has 1 aliphatic rings. The Bertz CT molecular complexity index is 1110. The Labute approximate surface area is 199 Å². The minimum absolute atomic E-state index is 0.00144. The molecule has 1 N–H and O–H groups in total. The standard InChI is InChI=1S/C26H30N4O4/c1-19-13-24(28-27-19)26(32)30-16-23(34-18-21-9-6-10-22(14-21)33-2)15-29(25(31)17-30)12-11-20-7-4-3-5-8-20/h3-10,13-14,23H,11-12,15-18H2,1-2H3,(H,27,28)/t23-/m0/s1. The molecule has 1 fully saturated rings. The molecule has 8 nitrogen and oxygen atoms in total. The number of rotatable bonds is 8. The summed E-state index contributed by atoms with van der Waals surface area (Å²) in [6.45, 7) is 3.47. The predicted molar refractivity (Wildman–Crippen MR) is 128 cm³/mol. The molecule has 0 unspecified atom stereocenters. The zero-order chi connectivity index (χ0) is 23.9. The molecule has 3 aromatic rings. The van der Waals surface area contributed by atoms with E-state index in [1.54, 1.807) is 18.1 Å². The highest BCUT2D eigenvalue weighted by molar-refractivity contribution is 5.95. The molecule has 0 radical (unpaired) electrons. The van der Waals surface area contributed by atoms with Crippen LogP contribution in [-0.2, 0) is 22.6 Å². The first-order chi connectivity index (χ1) is 16.5. The molecule has 1 atom stereocenters. The van der Waals surface area contributed by atoms with Crippen LogP contribution in [0.3, 0.4) is 0 Å². The molecule has 4 rings (SSSR count). The molecule has 2 aromatic carbocycles. The first kappa shape index (κ1) is 23.5. The van der Waals surface area contributed by atoms with Gasteiger partial charge in [-0.25, -0.2) is 0 Å². The Morgan fingerprint density at radius 1 is 1.09 bits per heavy atom. The molecule has 1 saturated heterocycles. The van der Waals surface area contributed by atoms with Crippen LogP contribution in [0.1, 0.15) is 27.3 Å². The lowest BCUT2D eigenvalue weighted by atomic mass is 10.1. The van der Waals surface area contributed by atoms with Gasteiger partial charge in [-0.3, -0.25) is 14.7 Å². The third kappa shape index (κ3) is 6.02. The van der Waals surface area contributed by atoms with E-state index in [-0.39, 0.29) is 24.5 Å². The second-order valence-corrected chi connectivity index (χ2v) is 8.48. The lowest BCUT2D eigenvalue weighted by molar-refractivity contribution is -0.131. The first-order valence-corrected chi connectivity index (χ1v) is 11.4. The van der Waals surface area contributed by atoms with Crippen molar-refractivity contribution in [3.63, 3.8) is 0 Å². The SMILES string of the molecule is COc1cccc(CO[C@H]2CN(CCc3ccccc3)C(=O)CN(C(=O)c3cc(C)[nH]n3)C2)c1. The molecule has 1 aromatic heterocycles. The van der Waals surface area contributed by atoms with Gasteiger partial charge in [-0.15, -0.1) is 0 Å². The number of carbonyl (C=O) groups is 2. The van der Waals surface area contributed by atoms with Gasteiger partial charge in [0, 0.05) is 25.3 Å². The average Bonchev–Trinajstić information content (AvgIpc) is 3.23. The number of nitrogens with one attached hydrogen (secondary N) is 1. The second-order valence-electron chi connectivity index (χ2n) is 8.48. The van der Waals surface area contributed by atoms with Crippen molar-refractivity contribution in [1.82, 2.24) is 20.0 Å². The van der Waals surface area contributed by atoms with E-state index < -0.39 is 0 Å². The van der Waals surface area contributed by atoms with Crippen LogP contribution in [0.2, 0.25) is 0 Å². The number of aromatic nitrogens is 2. The second kappa shape index (κ2) is 11.0. The number of methoxy groups -OCH3 is 1. The predicted octanol–water partition coefficient (Wildman–Crippen LogP) is 2.84. The average molecular weight is 463 g/mol. The Morgan fingerprint density at radius 2 is 1.88 bits per heavy atom. The highest BCUT2D eigenvalue weighted by atomic mass is 16.5. The van der Waals surface area contributed by atoms with Gasteiger partial charge in [0.2, 0.25) is 5.91 Å². The van der Waals surface area contributed by atoms with Gasteiger partial charge in [0.1, 0.15) is 18.0 Å². The summed E-state index contributed by atoms with van der Waals surface area (Å²) < 4.78 is 11.5. The molecule has 0 aliphatic carbocycles. The fourth-order valence-corrected chi connectivity index (χ4v) is 4.03. The molecule has 178 valence electrons. The van der Waals surface area contributed by atoms with Crippen LogP contribution in [0.25, 0.3) is 0 Å². The maximum Gasteiger partial charge on any atom is 0.274 e. The summed E-state index contributed by atoms with van der Waals surface area (Å²) in [7, 11) is 1.63. The summed E-state index contributed by atoms with van der Waals surface area (Å²) in [6.07, 6.45) is 0.402. The van der Waals surface area contributed by atoms with Crippen molar-refractivity contribution < 1.29 is 19.1 Å². The Balaban J connectivity index is 1.49. The van der Waals surface area contributed by atoms with Gasteiger partial charge in [-0.1, -0.05) is 42.5 Å². The minimum atomic E-state index is -0.336. The smallest absolute Gasteiger partial charge is 0.274 e. The number of hydrogen-bond acceptors (Lipinski definition) is 5. The highest BCUT2D eigenvalue weighted by Crippen LogP contribution is 2.17.